The SMILES string of the molecule is O=c1cccnn1CCN1CCN(Cc2csc(C3CC3)n2)CC1. The van der Waals surface area contributed by atoms with Crippen LogP contribution in [-0.4, -0.2) is 57.3 Å². The highest BCUT2D eigenvalue weighted by Gasteiger charge is 2.27. The minimum atomic E-state index is -0.0221. The summed E-state index contributed by atoms with van der Waals surface area (Å²) < 4.78 is 1.54. The monoisotopic (exact) mass is 345 g/mol. The molecule has 0 radical (unpaired) electrons. The van der Waals surface area contributed by atoms with Crippen LogP contribution in [0, 0.1) is 0 Å². The van der Waals surface area contributed by atoms with Crippen molar-refractivity contribution in [1.29, 1.82) is 0 Å². The zero-order valence-corrected chi connectivity index (χ0v) is 14.6. The van der Waals surface area contributed by atoms with Crippen LogP contribution in [0.3, 0.4) is 0 Å². The number of hydrogen-bond donors (Lipinski definition) is 0. The summed E-state index contributed by atoms with van der Waals surface area (Å²) in [6.45, 7) is 6.73. The van der Waals surface area contributed by atoms with E-state index >= 15 is 0 Å². The van der Waals surface area contributed by atoms with Gasteiger partial charge in [-0.05, 0) is 18.9 Å². The Labute approximate surface area is 145 Å². The van der Waals surface area contributed by atoms with Crippen LogP contribution in [0.15, 0.2) is 28.5 Å². The van der Waals surface area contributed by atoms with Gasteiger partial charge in [0.15, 0.2) is 0 Å². The molecule has 0 amide bonds. The number of rotatable bonds is 6. The second-order valence-corrected chi connectivity index (χ2v) is 7.54. The molecule has 0 N–H and O–H groups in total. The van der Waals surface area contributed by atoms with Crippen LogP contribution >= 0.6 is 11.3 Å². The minimum absolute atomic E-state index is 0.0221. The maximum absolute atomic E-state index is 11.7. The maximum Gasteiger partial charge on any atom is 0.266 e. The van der Waals surface area contributed by atoms with Gasteiger partial charge in [-0.1, -0.05) is 0 Å². The van der Waals surface area contributed by atoms with Gasteiger partial charge in [0.1, 0.15) is 0 Å². The standard InChI is InChI=1S/C17H23N5OS/c23-16-2-1-5-18-22(16)11-10-20-6-8-21(9-7-20)12-15-13-24-17(19-15)14-3-4-14/h1-2,5,13-14H,3-4,6-12H2. The van der Waals surface area contributed by atoms with E-state index in [0.717, 1.165) is 45.2 Å². The van der Waals surface area contributed by atoms with Crippen LogP contribution in [0.2, 0.25) is 0 Å². The molecule has 7 heteroatoms. The van der Waals surface area contributed by atoms with E-state index in [2.05, 4.69) is 20.3 Å². The molecule has 2 fully saturated rings. The molecule has 24 heavy (non-hydrogen) atoms. The number of thiazole rings is 1. The van der Waals surface area contributed by atoms with Gasteiger partial charge in [-0.15, -0.1) is 11.3 Å². The number of hydrogen-bond acceptors (Lipinski definition) is 6. The van der Waals surface area contributed by atoms with Crippen molar-refractivity contribution in [2.24, 2.45) is 0 Å². The van der Waals surface area contributed by atoms with Crippen molar-refractivity contribution < 1.29 is 0 Å². The molecule has 6 nitrogen and oxygen atoms in total. The van der Waals surface area contributed by atoms with Gasteiger partial charge in [-0.3, -0.25) is 14.6 Å². The van der Waals surface area contributed by atoms with E-state index in [1.54, 1.807) is 23.0 Å². The van der Waals surface area contributed by atoms with Crippen molar-refractivity contribution >= 4 is 11.3 Å². The summed E-state index contributed by atoms with van der Waals surface area (Å²) in [6, 6.07) is 3.25. The third kappa shape index (κ3) is 3.91. The molecule has 0 unspecified atom stereocenters. The fourth-order valence-electron chi connectivity index (χ4n) is 3.10. The molecule has 1 saturated heterocycles. The van der Waals surface area contributed by atoms with Crippen molar-refractivity contribution in [3.63, 3.8) is 0 Å². The van der Waals surface area contributed by atoms with Crippen LogP contribution in [0.1, 0.15) is 29.5 Å². The van der Waals surface area contributed by atoms with Crippen molar-refractivity contribution in [3.05, 3.63) is 44.8 Å². The van der Waals surface area contributed by atoms with E-state index < -0.39 is 0 Å². The summed E-state index contributed by atoms with van der Waals surface area (Å²) in [5, 5.41) is 7.68. The Morgan fingerprint density at radius 1 is 1.12 bits per heavy atom. The highest BCUT2D eigenvalue weighted by atomic mass is 32.1. The lowest BCUT2D eigenvalue weighted by Gasteiger charge is -2.34. The van der Waals surface area contributed by atoms with Gasteiger partial charge in [-0.2, -0.15) is 5.10 Å². The molecule has 1 aliphatic heterocycles. The lowest BCUT2D eigenvalue weighted by molar-refractivity contribution is 0.122. The Morgan fingerprint density at radius 3 is 2.67 bits per heavy atom. The normalized spacial score (nSPS) is 19.7. The van der Waals surface area contributed by atoms with Gasteiger partial charge in [0, 0.05) is 62.8 Å². The maximum atomic E-state index is 11.7. The minimum Gasteiger partial charge on any atom is -0.299 e. The van der Waals surface area contributed by atoms with Gasteiger partial charge >= 0.3 is 0 Å². The first-order chi connectivity index (χ1) is 11.8. The summed E-state index contributed by atoms with van der Waals surface area (Å²) in [7, 11) is 0. The van der Waals surface area contributed by atoms with E-state index in [0.29, 0.717) is 6.54 Å². The van der Waals surface area contributed by atoms with Gasteiger partial charge < -0.3 is 0 Å². The zero-order chi connectivity index (χ0) is 16.4. The molecule has 2 aromatic heterocycles. The third-order valence-corrected chi connectivity index (χ3v) is 5.82. The topological polar surface area (TPSA) is 54.3 Å². The summed E-state index contributed by atoms with van der Waals surface area (Å²) in [4.78, 5) is 21.3. The summed E-state index contributed by atoms with van der Waals surface area (Å²) in [5.41, 5.74) is 1.21. The first-order valence-corrected chi connectivity index (χ1v) is 9.57. The molecular formula is C17H23N5OS. The fraction of sp³-hybridized carbons (Fsp3) is 0.588. The second kappa shape index (κ2) is 7.13. The van der Waals surface area contributed by atoms with Crippen LogP contribution in [-0.2, 0) is 13.1 Å². The number of nitrogens with zero attached hydrogens (tertiary/aromatic N) is 5. The Hall–Kier alpha value is -1.57. The highest BCUT2D eigenvalue weighted by Crippen LogP contribution is 2.41. The number of aromatic nitrogens is 3. The third-order valence-electron chi connectivity index (χ3n) is 4.76. The molecule has 3 heterocycles. The van der Waals surface area contributed by atoms with Crippen LogP contribution in [0.4, 0.5) is 0 Å². The second-order valence-electron chi connectivity index (χ2n) is 6.65. The quantitative estimate of drug-likeness (QED) is 0.792. The average Bonchev–Trinajstić information content (AvgIpc) is 3.35. The molecule has 1 aliphatic carbocycles. The molecular weight excluding hydrogens is 322 g/mol. The first kappa shape index (κ1) is 15.9. The molecule has 1 saturated carbocycles. The van der Waals surface area contributed by atoms with Crippen LogP contribution in [0.25, 0.3) is 0 Å². The highest BCUT2D eigenvalue weighted by molar-refractivity contribution is 7.09. The van der Waals surface area contributed by atoms with E-state index in [1.165, 1.54) is 23.5 Å². The molecule has 2 aromatic rings. The molecule has 2 aliphatic rings. The van der Waals surface area contributed by atoms with Crippen LogP contribution in [0.5, 0.6) is 0 Å². The zero-order valence-electron chi connectivity index (χ0n) is 13.8. The van der Waals surface area contributed by atoms with Crippen molar-refractivity contribution in [2.75, 3.05) is 32.7 Å². The largest absolute Gasteiger partial charge is 0.299 e. The Balaban J connectivity index is 1.23. The Morgan fingerprint density at radius 2 is 1.92 bits per heavy atom. The Kier molecular flexibility index (Phi) is 4.73. The predicted molar refractivity (Wildman–Crippen MR) is 94.3 cm³/mol. The lowest BCUT2D eigenvalue weighted by atomic mass is 10.3. The summed E-state index contributed by atoms with van der Waals surface area (Å²) in [6.07, 6.45) is 4.32. The van der Waals surface area contributed by atoms with Gasteiger partial charge in [-0.25, -0.2) is 9.67 Å². The molecule has 4 rings (SSSR count). The van der Waals surface area contributed by atoms with Gasteiger partial charge in [0.05, 0.1) is 17.2 Å². The Bertz CT molecular complexity index is 730. The van der Waals surface area contributed by atoms with E-state index in [4.69, 9.17) is 4.98 Å². The smallest absolute Gasteiger partial charge is 0.266 e. The van der Waals surface area contributed by atoms with Crippen molar-refractivity contribution in [3.8, 4) is 0 Å². The van der Waals surface area contributed by atoms with E-state index in [-0.39, 0.29) is 5.56 Å². The lowest BCUT2D eigenvalue weighted by Crippen LogP contribution is -2.47. The van der Waals surface area contributed by atoms with E-state index in [1.807, 2.05) is 11.3 Å². The molecule has 0 spiro atoms. The predicted octanol–water partition coefficient (Wildman–Crippen LogP) is 1.40. The summed E-state index contributed by atoms with van der Waals surface area (Å²) in [5.74, 6) is 0.760. The average molecular weight is 345 g/mol. The van der Waals surface area contributed by atoms with Crippen molar-refractivity contribution in [1.82, 2.24) is 24.6 Å². The van der Waals surface area contributed by atoms with Crippen LogP contribution < -0.4 is 5.56 Å². The first-order valence-electron chi connectivity index (χ1n) is 8.69. The fourth-order valence-corrected chi connectivity index (χ4v) is 4.09. The van der Waals surface area contributed by atoms with E-state index in [9.17, 15) is 4.79 Å². The number of piperazine rings is 1. The molecule has 0 bridgehead atoms. The van der Waals surface area contributed by atoms with Gasteiger partial charge in [0.25, 0.3) is 5.56 Å². The molecule has 0 atom stereocenters. The van der Waals surface area contributed by atoms with Gasteiger partial charge in [0.2, 0.25) is 0 Å². The summed E-state index contributed by atoms with van der Waals surface area (Å²) >= 11 is 1.83. The van der Waals surface area contributed by atoms with Crippen molar-refractivity contribution in [2.45, 2.75) is 31.8 Å². The molecule has 0 aromatic carbocycles. The molecule has 128 valence electrons.